The van der Waals surface area contributed by atoms with Crippen LogP contribution in [0, 0.1) is 0 Å². The number of hydrazine groups is 1. The Balaban J connectivity index is 2.02. The van der Waals surface area contributed by atoms with Gasteiger partial charge < -0.3 is 5.32 Å². The Hall–Kier alpha value is -1.25. The average Bonchev–Trinajstić information content (AvgIpc) is 2.86. The molecule has 2 rings (SSSR count). The van der Waals surface area contributed by atoms with E-state index in [4.69, 9.17) is 5.84 Å². The van der Waals surface area contributed by atoms with Gasteiger partial charge in [-0.15, -0.1) is 10.2 Å². The van der Waals surface area contributed by atoms with Gasteiger partial charge in [0.15, 0.2) is 0 Å². The zero-order valence-corrected chi connectivity index (χ0v) is 11.2. The molecule has 1 saturated heterocycles. The lowest BCUT2D eigenvalue weighted by molar-refractivity contribution is -0.127. The summed E-state index contributed by atoms with van der Waals surface area (Å²) in [5.41, 5.74) is 2.48. The lowest BCUT2D eigenvalue weighted by atomic mass is 10.0. The molecule has 18 heavy (non-hydrogen) atoms. The molecule has 0 spiro atoms. The zero-order valence-electron chi connectivity index (χ0n) is 10.3. The molecule has 0 bridgehead atoms. The molecule has 0 aliphatic carbocycles. The first kappa shape index (κ1) is 13.2. The van der Waals surface area contributed by atoms with Crippen LogP contribution in [0.5, 0.6) is 0 Å². The topological polar surface area (TPSA) is 96.2 Å². The number of carbonyl (C=O) groups excluding carboxylic acids is 1. The first-order valence-electron chi connectivity index (χ1n) is 5.99. The van der Waals surface area contributed by atoms with Crippen LogP contribution in [0.15, 0.2) is 0 Å². The molecule has 1 unspecified atom stereocenters. The first-order valence-corrected chi connectivity index (χ1v) is 6.81. The highest BCUT2D eigenvalue weighted by atomic mass is 32.1. The molecule has 1 aromatic rings. The molecule has 0 saturated carbocycles. The van der Waals surface area contributed by atoms with E-state index in [0.29, 0.717) is 11.7 Å². The second-order valence-corrected chi connectivity index (χ2v) is 5.30. The fourth-order valence-electron chi connectivity index (χ4n) is 2.19. The quantitative estimate of drug-likeness (QED) is 0.523. The van der Waals surface area contributed by atoms with Crippen LogP contribution in [0.3, 0.4) is 0 Å². The molecule has 7 nitrogen and oxygen atoms in total. The van der Waals surface area contributed by atoms with Crippen molar-refractivity contribution in [2.75, 3.05) is 19.0 Å². The zero-order chi connectivity index (χ0) is 13.0. The van der Waals surface area contributed by atoms with Crippen LogP contribution in [0.4, 0.5) is 5.13 Å². The maximum absolute atomic E-state index is 11.8. The Kier molecular flexibility index (Phi) is 4.45. The first-order chi connectivity index (χ1) is 8.74. The third kappa shape index (κ3) is 2.95. The van der Waals surface area contributed by atoms with Gasteiger partial charge in [0.1, 0.15) is 5.01 Å². The molecule has 1 atom stereocenters. The van der Waals surface area contributed by atoms with Crippen LogP contribution >= 0.6 is 11.3 Å². The molecule has 1 aliphatic heterocycles. The van der Waals surface area contributed by atoms with Crippen LogP contribution in [-0.2, 0) is 11.3 Å². The Bertz CT molecular complexity index is 409. The predicted octanol–water partition coefficient (Wildman–Crippen LogP) is -0.0758. The smallest absolute Gasteiger partial charge is 0.237 e. The van der Waals surface area contributed by atoms with Crippen LogP contribution < -0.4 is 16.6 Å². The maximum Gasteiger partial charge on any atom is 0.237 e. The highest BCUT2D eigenvalue weighted by Crippen LogP contribution is 2.22. The lowest BCUT2D eigenvalue weighted by Gasteiger charge is -2.33. The van der Waals surface area contributed by atoms with Gasteiger partial charge in [0.2, 0.25) is 11.0 Å². The van der Waals surface area contributed by atoms with E-state index in [-0.39, 0.29) is 11.9 Å². The number of likely N-dealkylation sites (tertiary alicyclic amines) is 1. The summed E-state index contributed by atoms with van der Waals surface area (Å²) in [7, 11) is 1.68. The number of carbonyl (C=O) groups is 1. The van der Waals surface area contributed by atoms with Crippen molar-refractivity contribution in [3.63, 3.8) is 0 Å². The number of rotatable bonds is 4. The van der Waals surface area contributed by atoms with Gasteiger partial charge in [-0.3, -0.25) is 15.1 Å². The fourth-order valence-corrected chi connectivity index (χ4v) is 2.87. The van der Waals surface area contributed by atoms with E-state index in [0.717, 1.165) is 30.8 Å². The molecule has 1 aliphatic rings. The van der Waals surface area contributed by atoms with E-state index in [2.05, 4.69) is 25.8 Å². The second-order valence-electron chi connectivity index (χ2n) is 4.24. The molecule has 1 fully saturated rings. The van der Waals surface area contributed by atoms with Gasteiger partial charge in [-0.2, -0.15) is 0 Å². The van der Waals surface area contributed by atoms with Crippen molar-refractivity contribution < 1.29 is 4.79 Å². The summed E-state index contributed by atoms with van der Waals surface area (Å²) in [4.78, 5) is 14.0. The Morgan fingerprint density at radius 2 is 2.39 bits per heavy atom. The Labute approximate surface area is 110 Å². The molecule has 8 heteroatoms. The minimum Gasteiger partial charge on any atom is -0.358 e. The van der Waals surface area contributed by atoms with Crippen molar-refractivity contribution in [1.82, 2.24) is 20.4 Å². The molecule has 0 aromatic carbocycles. The molecule has 4 N–H and O–H groups in total. The van der Waals surface area contributed by atoms with Crippen LogP contribution in [0.25, 0.3) is 0 Å². The summed E-state index contributed by atoms with van der Waals surface area (Å²) in [5, 5.41) is 12.1. The number of amides is 1. The Morgan fingerprint density at radius 3 is 3.06 bits per heavy atom. The van der Waals surface area contributed by atoms with Crippen molar-refractivity contribution >= 4 is 22.4 Å². The summed E-state index contributed by atoms with van der Waals surface area (Å²) in [5.74, 6) is 5.35. The standard InChI is InChI=1S/C10H18N6OS/c1-12-9(17)7-4-2-3-5-16(7)6-8-14-15-10(13-11)18-8/h7H,2-6,11H2,1H3,(H,12,17)(H,13,15). The summed E-state index contributed by atoms with van der Waals surface area (Å²) in [6, 6.07) is -0.0538. The third-order valence-corrected chi connectivity index (χ3v) is 3.93. The van der Waals surface area contributed by atoms with Gasteiger partial charge >= 0.3 is 0 Å². The van der Waals surface area contributed by atoms with Crippen molar-refractivity contribution in [3.05, 3.63) is 5.01 Å². The van der Waals surface area contributed by atoms with Crippen molar-refractivity contribution in [3.8, 4) is 0 Å². The number of piperidine rings is 1. The molecular weight excluding hydrogens is 252 g/mol. The van der Waals surface area contributed by atoms with Gasteiger partial charge in [0.05, 0.1) is 12.6 Å². The summed E-state index contributed by atoms with van der Waals surface area (Å²) < 4.78 is 0. The van der Waals surface area contributed by atoms with Gasteiger partial charge in [-0.05, 0) is 19.4 Å². The average molecular weight is 270 g/mol. The summed E-state index contributed by atoms with van der Waals surface area (Å²) >= 11 is 1.42. The van der Waals surface area contributed by atoms with Crippen LogP contribution in [-0.4, -0.2) is 40.6 Å². The number of nitrogens with one attached hydrogen (secondary N) is 2. The van der Waals surface area contributed by atoms with Gasteiger partial charge in [0.25, 0.3) is 0 Å². The van der Waals surface area contributed by atoms with Crippen molar-refractivity contribution in [2.45, 2.75) is 31.8 Å². The SMILES string of the molecule is CNC(=O)C1CCCCN1Cc1nnc(NN)s1. The molecular formula is C10H18N6OS. The highest BCUT2D eigenvalue weighted by molar-refractivity contribution is 7.15. The number of nitrogens with two attached hydrogens (primary N) is 1. The number of hydrogen-bond acceptors (Lipinski definition) is 7. The minimum atomic E-state index is -0.0538. The molecule has 2 heterocycles. The van der Waals surface area contributed by atoms with Crippen molar-refractivity contribution in [1.29, 1.82) is 0 Å². The molecule has 100 valence electrons. The van der Waals surface area contributed by atoms with E-state index in [9.17, 15) is 4.79 Å². The van der Waals surface area contributed by atoms with E-state index >= 15 is 0 Å². The predicted molar refractivity (Wildman–Crippen MR) is 69.8 cm³/mol. The number of likely N-dealkylation sites (N-methyl/N-ethyl adjacent to an activating group) is 1. The molecule has 1 amide bonds. The number of nitrogens with zero attached hydrogens (tertiary/aromatic N) is 3. The van der Waals surface area contributed by atoms with Crippen molar-refractivity contribution in [2.24, 2.45) is 5.84 Å². The summed E-state index contributed by atoms with van der Waals surface area (Å²) in [6.45, 7) is 1.57. The number of nitrogen functional groups attached to an aromatic ring is 1. The largest absolute Gasteiger partial charge is 0.358 e. The monoisotopic (exact) mass is 270 g/mol. The maximum atomic E-state index is 11.8. The number of aromatic nitrogens is 2. The summed E-state index contributed by atoms with van der Waals surface area (Å²) in [6.07, 6.45) is 3.12. The van der Waals surface area contributed by atoms with Gasteiger partial charge in [-0.1, -0.05) is 17.8 Å². The normalized spacial score (nSPS) is 20.7. The van der Waals surface area contributed by atoms with E-state index in [1.54, 1.807) is 7.05 Å². The fraction of sp³-hybridized carbons (Fsp3) is 0.700. The van der Waals surface area contributed by atoms with Gasteiger partial charge in [0, 0.05) is 7.05 Å². The van der Waals surface area contributed by atoms with E-state index in [1.807, 2.05) is 0 Å². The third-order valence-electron chi connectivity index (χ3n) is 3.09. The highest BCUT2D eigenvalue weighted by Gasteiger charge is 2.28. The minimum absolute atomic E-state index is 0.0538. The second kappa shape index (κ2) is 6.07. The van der Waals surface area contributed by atoms with E-state index in [1.165, 1.54) is 11.3 Å². The Morgan fingerprint density at radius 1 is 1.56 bits per heavy atom. The molecule has 0 radical (unpaired) electrons. The number of hydrogen-bond donors (Lipinski definition) is 3. The lowest BCUT2D eigenvalue weighted by Crippen LogP contribution is -2.48. The van der Waals surface area contributed by atoms with E-state index < -0.39 is 0 Å². The number of anilines is 1. The van der Waals surface area contributed by atoms with Crippen LogP contribution in [0.1, 0.15) is 24.3 Å². The van der Waals surface area contributed by atoms with Crippen LogP contribution in [0.2, 0.25) is 0 Å². The molecule has 1 aromatic heterocycles. The van der Waals surface area contributed by atoms with Gasteiger partial charge in [-0.25, -0.2) is 5.84 Å².